The number of benzene rings is 1. The predicted octanol–water partition coefficient (Wildman–Crippen LogP) is 1.35. The summed E-state index contributed by atoms with van der Waals surface area (Å²) in [6, 6.07) is 5.94. The summed E-state index contributed by atoms with van der Waals surface area (Å²) in [5.41, 5.74) is 6.01. The number of hydrogen-bond donors (Lipinski definition) is 2. The zero-order valence-electron chi connectivity index (χ0n) is 8.66. The van der Waals surface area contributed by atoms with E-state index in [1.54, 1.807) is 12.1 Å². The molecule has 15 heavy (non-hydrogen) atoms. The van der Waals surface area contributed by atoms with Gasteiger partial charge in [-0.2, -0.15) is 0 Å². The number of nitrogens with two attached hydrogens (primary N) is 1. The molecule has 4 heteroatoms. The van der Waals surface area contributed by atoms with Crippen molar-refractivity contribution in [2.24, 2.45) is 5.73 Å². The molecule has 1 amide bonds. The van der Waals surface area contributed by atoms with Gasteiger partial charge in [0.05, 0.1) is 0 Å². The second-order valence-electron chi connectivity index (χ2n) is 3.33. The normalized spacial score (nSPS) is 12.4. The minimum Gasteiger partial charge on any atom is -0.370 e. The fourth-order valence-corrected chi connectivity index (χ4v) is 1.45. The van der Waals surface area contributed by atoms with E-state index in [-0.39, 0.29) is 24.2 Å². The maximum absolute atomic E-state index is 12.7. The molecule has 0 fully saturated rings. The van der Waals surface area contributed by atoms with E-state index in [1.165, 1.54) is 12.1 Å². The molecule has 0 bridgehead atoms. The lowest BCUT2D eigenvalue weighted by molar-refractivity contribution is -0.118. The molecule has 1 aromatic rings. The Balaban J connectivity index is 2.78. The SMILES string of the molecule is CCNC(CC(N)=O)c1ccc(F)cc1. The quantitative estimate of drug-likeness (QED) is 0.770. The Morgan fingerprint density at radius 1 is 1.47 bits per heavy atom. The zero-order chi connectivity index (χ0) is 11.3. The summed E-state index contributed by atoms with van der Waals surface area (Å²) in [5, 5.41) is 3.13. The predicted molar refractivity (Wildman–Crippen MR) is 56.6 cm³/mol. The van der Waals surface area contributed by atoms with Crippen LogP contribution in [0.2, 0.25) is 0 Å². The fraction of sp³-hybridized carbons (Fsp3) is 0.364. The Morgan fingerprint density at radius 2 is 2.07 bits per heavy atom. The molecular weight excluding hydrogens is 195 g/mol. The van der Waals surface area contributed by atoms with Crippen LogP contribution in [0.1, 0.15) is 24.9 Å². The third kappa shape index (κ3) is 3.67. The zero-order valence-corrected chi connectivity index (χ0v) is 8.66. The van der Waals surface area contributed by atoms with Gasteiger partial charge in [0.25, 0.3) is 0 Å². The van der Waals surface area contributed by atoms with Crippen molar-refractivity contribution in [3.63, 3.8) is 0 Å². The van der Waals surface area contributed by atoms with Crippen molar-refractivity contribution < 1.29 is 9.18 Å². The monoisotopic (exact) mass is 210 g/mol. The number of carbonyl (C=O) groups is 1. The highest BCUT2D eigenvalue weighted by atomic mass is 19.1. The molecule has 0 aliphatic rings. The molecule has 82 valence electrons. The van der Waals surface area contributed by atoms with Gasteiger partial charge in [-0.3, -0.25) is 4.79 Å². The minimum atomic E-state index is -0.370. The molecule has 0 heterocycles. The van der Waals surface area contributed by atoms with Gasteiger partial charge >= 0.3 is 0 Å². The van der Waals surface area contributed by atoms with Gasteiger partial charge in [0.1, 0.15) is 5.82 Å². The van der Waals surface area contributed by atoms with Crippen LogP contribution in [0.25, 0.3) is 0 Å². The Kier molecular flexibility index (Phi) is 4.24. The van der Waals surface area contributed by atoms with Gasteiger partial charge < -0.3 is 11.1 Å². The second kappa shape index (κ2) is 5.46. The van der Waals surface area contributed by atoms with Gasteiger partial charge in [-0.05, 0) is 24.2 Å². The Hall–Kier alpha value is -1.42. The molecular formula is C11H15FN2O. The molecule has 0 aliphatic heterocycles. The van der Waals surface area contributed by atoms with E-state index in [1.807, 2.05) is 6.92 Å². The standard InChI is InChI=1S/C11H15FN2O/c1-2-14-10(7-11(13)15)8-3-5-9(12)6-4-8/h3-6,10,14H,2,7H2,1H3,(H2,13,15). The number of nitrogens with one attached hydrogen (secondary N) is 1. The highest BCUT2D eigenvalue weighted by Gasteiger charge is 2.12. The largest absolute Gasteiger partial charge is 0.370 e. The molecule has 0 aliphatic carbocycles. The summed E-state index contributed by atoms with van der Waals surface area (Å²) in [4.78, 5) is 10.8. The number of rotatable bonds is 5. The molecule has 0 radical (unpaired) electrons. The summed E-state index contributed by atoms with van der Waals surface area (Å²) < 4.78 is 12.7. The number of amides is 1. The summed E-state index contributed by atoms with van der Waals surface area (Å²) in [7, 11) is 0. The topological polar surface area (TPSA) is 55.1 Å². The van der Waals surface area contributed by atoms with Crippen molar-refractivity contribution in [3.05, 3.63) is 35.6 Å². The average molecular weight is 210 g/mol. The fourth-order valence-electron chi connectivity index (χ4n) is 1.45. The van der Waals surface area contributed by atoms with Crippen LogP contribution in [0.5, 0.6) is 0 Å². The van der Waals surface area contributed by atoms with Gasteiger partial charge in [0.15, 0.2) is 0 Å². The van der Waals surface area contributed by atoms with Crippen LogP contribution in [0.15, 0.2) is 24.3 Å². The van der Waals surface area contributed by atoms with Crippen LogP contribution in [-0.4, -0.2) is 12.5 Å². The third-order valence-electron chi connectivity index (χ3n) is 2.13. The van der Waals surface area contributed by atoms with Crippen molar-refractivity contribution in [1.29, 1.82) is 0 Å². The molecule has 0 spiro atoms. The van der Waals surface area contributed by atoms with Gasteiger partial charge in [-0.1, -0.05) is 19.1 Å². The maximum atomic E-state index is 12.7. The molecule has 3 N–H and O–H groups in total. The summed E-state index contributed by atoms with van der Waals surface area (Å²) in [5.74, 6) is -0.654. The number of hydrogen-bond acceptors (Lipinski definition) is 2. The molecule has 1 unspecified atom stereocenters. The molecule has 1 rings (SSSR count). The molecule has 3 nitrogen and oxygen atoms in total. The molecule has 1 atom stereocenters. The van der Waals surface area contributed by atoms with Crippen molar-refractivity contribution in [1.82, 2.24) is 5.32 Å². The van der Waals surface area contributed by atoms with Crippen molar-refractivity contribution in [3.8, 4) is 0 Å². The Bertz CT molecular complexity index is 324. The van der Waals surface area contributed by atoms with E-state index in [0.717, 1.165) is 12.1 Å². The highest BCUT2D eigenvalue weighted by molar-refractivity contribution is 5.74. The summed E-state index contributed by atoms with van der Waals surface area (Å²) >= 11 is 0. The number of primary amides is 1. The van der Waals surface area contributed by atoms with Gasteiger partial charge in [-0.25, -0.2) is 4.39 Å². The van der Waals surface area contributed by atoms with E-state index < -0.39 is 0 Å². The van der Waals surface area contributed by atoms with Gasteiger partial charge in [-0.15, -0.1) is 0 Å². The van der Waals surface area contributed by atoms with E-state index >= 15 is 0 Å². The van der Waals surface area contributed by atoms with E-state index in [4.69, 9.17) is 5.73 Å². The van der Waals surface area contributed by atoms with Crippen LogP contribution in [0, 0.1) is 5.82 Å². The lowest BCUT2D eigenvalue weighted by Crippen LogP contribution is -2.26. The van der Waals surface area contributed by atoms with E-state index in [9.17, 15) is 9.18 Å². The van der Waals surface area contributed by atoms with Crippen LogP contribution in [0.3, 0.4) is 0 Å². The first kappa shape index (κ1) is 11.7. The Morgan fingerprint density at radius 3 is 2.53 bits per heavy atom. The van der Waals surface area contributed by atoms with Crippen molar-refractivity contribution in [2.75, 3.05) is 6.54 Å². The highest BCUT2D eigenvalue weighted by Crippen LogP contribution is 2.16. The second-order valence-corrected chi connectivity index (χ2v) is 3.33. The van der Waals surface area contributed by atoms with Crippen LogP contribution in [0.4, 0.5) is 4.39 Å². The molecule has 0 saturated carbocycles. The summed E-state index contributed by atoms with van der Waals surface area (Å²) in [6.07, 6.45) is 0.222. The lowest BCUT2D eigenvalue weighted by Gasteiger charge is -2.16. The first-order chi connectivity index (χ1) is 7.13. The third-order valence-corrected chi connectivity index (χ3v) is 2.13. The van der Waals surface area contributed by atoms with E-state index in [0.29, 0.717) is 0 Å². The summed E-state index contributed by atoms with van der Waals surface area (Å²) in [6.45, 7) is 2.67. The number of carbonyl (C=O) groups excluding carboxylic acids is 1. The van der Waals surface area contributed by atoms with Crippen LogP contribution >= 0.6 is 0 Å². The van der Waals surface area contributed by atoms with Crippen molar-refractivity contribution in [2.45, 2.75) is 19.4 Å². The average Bonchev–Trinajstić information content (AvgIpc) is 2.17. The van der Waals surface area contributed by atoms with Crippen LogP contribution < -0.4 is 11.1 Å². The Labute approximate surface area is 88.5 Å². The first-order valence-electron chi connectivity index (χ1n) is 4.90. The first-order valence-corrected chi connectivity index (χ1v) is 4.90. The van der Waals surface area contributed by atoms with Gasteiger partial charge in [0.2, 0.25) is 5.91 Å². The minimum absolute atomic E-state index is 0.131. The molecule has 0 aromatic heterocycles. The van der Waals surface area contributed by atoms with Gasteiger partial charge in [0, 0.05) is 12.5 Å². The number of halogens is 1. The smallest absolute Gasteiger partial charge is 0.219 e. The lowest BCUT2D eigenvalue weighted by atomic mass is 10.0. The molecule has 1 aromatic carbocycles. The van der Waals surface area contributed by atoms with E-state index in [2.05, 4.69) is 5.32 Å². The van der Waals surface area contributed by atoms with Crippen molar-refractivity contribution >= 4 is 5.91 Å². The molecule has 0 saturated heterocycles. The van der Waals surface area contributed by atoms with Crippen LogP contribution in [-0.2, 0) is 4.79 Å². The maximum Gasteiger partial charge on any atom is 0.219 e.